The molecule has 1 aliphatic carbocycles. The molecule has 9 nitrogen and oxygen atoms in total. The minimum atomic E-state index is -0.968. The highest BCUT2D eigenvalue weighted by Crippen LogP contribution is 2.42. The van der Waals surface area contributed by atoms with Gasteiger partial charge >= 0.3 is 17.9 Å². The number of hydrogen-bond acceptors (Lipinski definition) is 6. The Bertz CT molecular complexity index is 657. The number of carbonyl (C=O) groups is 3. The molecule has 2 atom stereocenters. The predicted octanol–water partition coefficient (Wildman–Crippen LogP) is 2.48. The van der Waals surface area contributed by atoms with Crippen molar-refractivity contribution in [3.63, 3.8) is 0 Å². The van der Waals surface area contributed by atoms with Crippen LogP contribution in [0.3, 0.4) is 0 Å². The van der Waals surface area contributed by atoms with E-state index in [1.165, 1.54) is 6.21 Å². The lowest BCUT2D eigenvalue weighted by atomic mass is 9.70. The zero-order valence-electron chi connectivity index (χ0n) is 15.7. The molecule has 1 aliphatic heterocycles. The van der Waals surface area contributed by atoms with E-state index in [1.807, 2.05) is 0 Å². The third kappa shape index (κ3) is 6.47. The van der Waals surface area contributed by atoms with Crippen LogP contribution in [0, 0.1) is 17.3 Å². The summed E-state index contributed by atoms with van der Waals surface area (Å²) in [4.78, 5) is 34.2. The van der Waals surface area contributed by atoms with Gasteiger partial charge in [-0.3, -0.25) is 14.4 Å². The largest absolute Gasteiger partial charge is 0.481 e. The molecule has 1 saturated carbocycles. The first-order valence-corrected chi connectivity index (χ1v) is 9.49. The first-order chi connectivity index (χ1) is 13.3. The second-order valence-electron chi connectivity index (χ2n) is 7.67. The maximum Gasteiger partial charge on any atom is 0.304 e. The molecule has 0 bridgehead atoms. The van der Waals surface area contributed by atoms with E-state index in [9.17, 15) is 29.7 Å². The molecule has 0 spiro atoms. The highest BCUT2D eigenvalue weighted by molar-refractivity contribution is 6.03. The second kappa shape index (κ2) is 10.0. The number of allylic oxidation sites excluding steroid dienone is 2. The smallest absolute Gasteiger partial charge is 0.304 e. The van der Waals surface area contributed by atoms with Crippen LogP contribution in [0.4, 0.5) is 0 Å². The summed E-state index contributed by atoms with van der Waals surface area (Å²) >= 11 is 0. The third-order valence-electron chi connectivity index (χ3n) is 5.65. The molecule has 2 unspecified atom stereocenters. The number of nitrogens with zero attached hydrogens (tertiary/aromatic N) is 2. The molecule has 0 saturated heterocycles. The molecule has 28 heavy (non-hydrogen) atoms. The molecule has 1 fully saturated rings. The lowest BCUT2D eigenvalue weighted by molar-refractivity contribution is -0.140. The van der Waals surface area contributed by atoms with Crippen LogP contribution in [-0.2, 0) is 14.4 Å². The van der Waals surface area contributed by atoms with Crippen molar-refractivity contribution in [1.29, 1.82) is 0 Å². The highest BCUT2D eigenvalue weighted by atomic mass is 16.4. The van der Waals surface area contributed by atoms with Crippen molar-refractivity contribution in [2.75, 3.05) is 0 Å². The fourth-order valence-corrected chi connectivity index (χ4v) is 4.19. The number of hydrazone groups is 2. The maximum absolute atomic E-state index is 11.7. The Balaban J connectivity index is 2.36. The summed E-state index contributed by atoms with van der Waals surface area (Å²) in [7, 11) is 0. The number of rotatable bonds is 7. The minimum absolute atomic E-state index is 0.00732. The first-order valence-electron chi connectivity index (χ1n) is 9.49. The molecular formula is C19H27N3O6. The molecule has 0 radical (unpaired) electrons. The van der Waals surface area contributed by atoms with Crippen LogP contribution in [0.15, 0.2) is 22.4 Å². The fourth-order valence-electron chi connectivity index (χ4n) is 4.19. The monoisotopic (exact) mass is 393 g/mol. The van der Waals surface area contributed by atoms with Gasteiger partial charge in [0.05, 0.1) is 12.1 Å². The minimum Gasteiger partial charge on any atom is -0.481 e. The van der Waals surface area contributed by atoms with Gasteiger partial charge in [0, 0.05) is 24.5 Å². The Morgan fingerprint density at radius 2 is 1.54 bits per heavy atom. The van der Waals surface area contributed by atoms with Crippen LogP contribution in [0.1, 0.15) is 57.8 Å². The van der Waals surface area contributed by atoms with Gasteiger partial charge in [-0.05, 0) is 62.5 Å². The van der Waals surface area contributed by atoms with E-state index in [0.29, 0.717) is 44.2 Å². The molecule has 2 aliphatic rings. The molecule has 0 aromatic heterocycles. The zero-order chi connectivity index (χ0) is 20.6. The fraction of sp³-hybridized carbons (Fsp3) is 0.632. The zero-order valence-corrected chi connectivity index (χ0v) is 15.7. The Kier molecular flexibility index (Phi) is 7.71. The van der Waals surface area contributed by atoms with E-state index >= 15 is 0 Å². The summed E-state index contributed by atoms with van der Waals surface area (Å²) in [6.07, 6.45) is 8.04. The number of carboxylic acids is 3. The number of hydrogen-bond donors (Lipinski definition) is 4. The van der Waals surface area contributed by atoms with Crippen LogP contribution >= 0.6 is 0 Å². The third-order valence-corrected chi connectivity index (χ3v) is 5.65. The van der Waals surface area contributed by atoms with Crippen LogP contribution in [-0.4, -0.2) is 45.2 Å². The number of carboxylic acid groups (broad SMARTS) is 3. The van der Waals surface area contributed by atoms with Gasteiger partial charge in [-0.15, -0.1) is 0 Å². The van der Waals surface area contributed by atoms with E-state index < -0.39 is 23.3 Å². The SMILES string of the molecule is O=C(O)CC1CCC(CC(=O)O)CCC(CC(=O)O)(C2=NNN=CC=C2)CC1. The summed E-state index contributed by atoms with van der Waals surface area (Å²) in [6, 6.07) is 0. The molecule has 1 heterocycles. The lowest BCUT2D eigenvalue weighted by Gasteiger charge is -2.33. The van der Waals surface area contributed by atoms with Crippen molar-refractivity contribution in [2.45, 2.75) is 57.8 Å². The van der Waals surface area contributed by atoms with Crippen molar-refractivity contribution >= 4 is 29.8 Å². The van der Waals surface area contributed by atoms with E-state index in [-0.39, 0.29) is 31.1 Å². The van der Waals surface area contributed by atoms with Gasteiger partial charge in [0.25, 0.3) is 0 Å². The maximum atomic E-state index is 11.7. The topological polar surface area (TPSA) is 149 Å². The normalized spacial score (nSPS) is 28.1. The van der Waals surface area contributed by atoms with E-state index in [0.717, 1.165) is 0 Å². The Labute approximate surface area is 163 Å². The summed E-state index contributed by atoms with van der Waals surface area (Å²) in [5, 5.41) is 36.1. The summed E-state index contributed by atoms with van der Waals surface area (Å²) in [5.41, 5.74) is 2.29. The molecule has 154 valence electrons. The molecule has 2 rings (SSSR count). The standard InChI is InChI=1S/C19H27N3O6/c23-16(24)10-13-3-4-14(11-17(25)26)6-8-19(7-5-13,12-18(27)28)15-2-1-9-20-22-21-15/h1-2,9,13-14,22H,3-8,10-12H2,(H,23,24)(H,25,26)(H,27,28). The van der Waals surface area contributed by atoms with Crippen LogP contribution in [0.5, 0.6) is 0 Å². The van der Waals surface area contributed by atoms with Crippen molar-refractivity contribution in [3.8, 4) is 0 Å². The van der Waals surface area contributed by atoms with Gasteiger partial charge in [0.1, 0.15) is 0 Å². The predicted molar refractivity (Wildman–Crippen MR) is 102 cm³/mol. The molecular weight excluding hydrogens is 366 g/mol. The molecule has 0 aromatic rings. The van der Waals surface area contributed by atoms with E-state index in [4.69, 9.17) is 0 Å². The Morgan fingerprint density at radius 1 is 0.964 bits per heavy atom. The summed E-state index contributed by atoms with van der Waals surface area (Å²) in [6.45, 7) is 0. The number of nitrogens with one attached hydrogen (secondary N) is 1. The van der Waals surface area contributed by atoms with Gasteiger partial charge < -0.3 is 15.3 Å². The average molecular weight is 393 g/mol. The van der Waals surface area contributed by atoms with Crippen LogP contribution < -0.4 is 5.53 Å². The van der Waals surface area contributed by atoms with Crippen LogP contribution in [0.2, 0.25) is 0 Å². The van der Waals surface area contributed by atoms with Crippen molar-refractivity contribution in [3.05, 3.63) is 12.2 Å². The van der Waals surface area contributed by atoms with Gasteiger partial charge in [0.15, 0.2) is 0 Å². The first kappa shape index (κ1) is 21.6. The van der Waals surface area contributed by atoms with E-state index in [1.54, 1.807) is 12.2 Å². The molecule has 0 aromatic carbocycles. The Morgan fingerprint density at radius 3 is 2.04 bits per heavy atom. The van der Waals surface area contributed by atoms with Crippen molar-refractivity contribution in [2.24, 2.45) is 27.5 Å². The molecule has 4 N–H and O–H groups in total. The lowest BCUT2D eigenvalue weighted by Crippen LogP contribution is -2.34. The van der Waals surface area contributed by atoms with Crippen molar-refractivity contribution in [1.82, 2.24) is 5.53 Å². The summed E-state index contributed by atoms with van der Waals surface area (Å²) in [5.74, 6) is -3.02. The van der Waals surface area contributed by atoms with Gasteiger partial charge in [-0.2, -0.15) is 15.7 Å². The molecule has 9 heteroatoms. The number of aliphatic carboxylic acids is 3. The van der Waals surface area contributed by atoms with Gasteiger partial charge in [-0.25, -0.2) is 0 Å². The quantitative estimate of drug-likeness (QED) is 0.519. The highest BCUT2D eigenvalue weighted by Gasteiger charge is 2.39. The summed E-state index contributed by atoms with van der Waals surface area (Å²) < 4.78 is 0. The van der Waals surface area contributed by atoms with Crippen LogP contribution in [0.25, 0.3) is 0 Å². The molecule has 0 amide bonds. The van der Waals surface area contributed by atoms with Crippen molar-refractivity contribution < 1.29 is 29.7 Å². The second-order valence-corrected chi connectivity index (χ2v) is 7.67. The Hall–Kier alpha value is -2.71. The average Bonchev–Trinajstić information content (AvgIpc) is 2.85. The van der Waals surface area contributed by atoms with Gasteiger partial charge in [0.2, 0.25) is 0 Å². The van der Waals surface area contributed by atoms with Gasteiger partial charge in [-0.1, -0.05) is 0 Å². The van der Waals surface area contributed by atoms with E-state index in [2.05, 4.69) is 15.7 Å².